The molecule has 0 fully saturated rings. The van der Waals surface area contributed by atoms with Gasteiger partial charge in [0.15, 0.2) is 5.96 Å². The number of aliphatic imine (C=N–C) groups is 1. The van der Waals surface area contributed by atoms with Gasteiger partial charge < -0.3 is 15.7 Å². The van der Waals surface area contributed by atoms with Gasteiger partial charge in [0, 0.05) is 32.1 Å². The van der Waals surface area contributed by atoms with Crippen LogP contribution in [0.4, 0.5) is 0 Å². The summed E-state index contributed by atoms with van der Waals surface area (Å²) in [6, 6.07) is 10.3. The van der Waals surface area contributed by atoms with Crippen LogP contribution in [0.2, 0.25) is 0 Å². The molecular weight excluding hydrogens is 477 g/mol. The van der Waals surface area contributed by atoms with Gasteiger partial charge in [-0.25, -0.2) is 4.99 Å². The van der Waals surface area contributed by atoms with Gasteiger partial charge in [-0.2, -0.15) is 5.10 Å². The minimum atomic E-state index is 0. The summed E-state index contributed by atoms with van der Waals surface area (Å²) in [4.78, 5) is 4.81. The molecule has 7 heteroatoms. The highest BCUT2D eigenvalue weighted by Crippen LogP contribution is 2.29. The Labute approximate surface area is 192 Å². The van der Waals surface area contributed by atoms with Crippen molar-refractivity contribution in [3.8, 4) is 0 Å². The highest BCUT2D eigenvalue weighted by Gasteiger charge is 2.25. The van der Waals surface area contributed by atoms with Crippen molar-refractivity contribution >= 4 is 29.9 Å². The molecule has 162 valence electrons. The molecule has 0 aliphatic carbocycles. The van der Waals surface area contributed by atoms with Crippen LogP contribution in [0, 0.1) is 5.41 Å². The van der Waals surface area contributed by atoms with E-state index in [1.807, 2.05) is 16.9 Å². The summed E-state index contributed by atoms with van der Waals surface area (Å²) in [5.41, 5.74) is 2.52. The standard InChI is InChI=1S/C22H35N5O.HI/c1-4-22(5-2,12-15-28)18-25-21(23-6-3)24-16-19-10-7-8-11-20(19)17-27-14-9-13-26-27;/h7-11,13-14,28H,4-6,12,15-18H2,1-3H3,(H2,23,24,25);1H. The number of halogens is 1. The molecule has 0 spiro atoms. The van der Waals surface area contributed by atoms with Crippen LogP contribution in [0.5, 0.6) is 0 Å². The van der Waals surface area contributed by atoms with Gasteiger partial charge in [-0.05, 0) is 48.8 Å². The molecule has 0 aliphatic rings. The van der Waals surface area contributed by atoms with Gasteiger partial charge in [-0.3, -0.25) is 4.68 Å². The fourth-order valence-electron chi connectivity index (χ4n) is 3.39. The molecular formula is C22H36IN5O. The molecule has 0 atom stereocenters. The van der Waals surface area contributed by atoms with Crippen molar-refractivity contribution in [2.24, 2.45) is 10.4 Å². The largest absolute Gasteiger partial charge is 0.396 e. The van der Waals surface area contributed by atoms with Crippen LogP contribution in [-0.4, -0.2) is 40.5 Å². The van der Waals surface area contributed by atoms with Crippen molar-refractivity contribution in [1.82, 2.24) is 20.4 Å². The number of aliphatic hydroxyl groups excluding tert-OH is 1. The zero-order valence-corrected chi connectivity index (χ0v) is 20.2. The smallest absolute Gasteiger partial charge is 0.191 e. The molecule has 0 radical (unpaired) electrons. The summed E-state index contributed by atoms with van der Waals surface area (Å²) in [7, 11) is 0. The number of benzene rings is 1. The third-order valence-electron chi connectivity index (χ3n) is 5.53. The van der Waals surface area contributed by atoms with E-state index in [1.165, 1.54) is 11.1 Å². The maximum atomic E-state index is 9.44. The maximum Gasteiger partial charge on any atom is 0.191 e. The molecule has 0 amide bonds. The van der Waals surface area contributed by atoms with E-state index in [4.69, 9.17) is 4.99 Å². The van der Waals surface area contributed by atoms with E-state index >= 15 is 0 Å². The van der Waals surface area contributed by atoms with Crippen LogP contribution in [0.3, 0.4) is 0 Å². The number of aromatic nitrogens is 2. The Morgan fingerprint density at radius 3 is 2.41 bits per heavy atom. The summed E-state index contributed by atoms with van der Waals surface area (Å²) in [6.45, 7) is 9.65. The first-order valence-electron chi connectivity index (χ1n) is 10.3. The lowest BCUT2D eigenvalue weighted by Gasteiger charge is -2.32. The maximum absolute atomic E-state index is 9.44. The third-order valence-corrected chi connectivity index (χ3v) is 5.53. The van der Waals surface area contributed by atoms with Gasteiger partial charge in [-0.15, -0.1) is 24.0 Å². The Kier molecular flexibility index (Phi) is 11.9. The minimum absolute atomic E-state index is 0. The van der Waals surface area contributed by atoms with Crippen LogP contribution in [0.15, 0.2) is 47.7 Å². The van der Waals surface area contributed by atoms with E-state index in [1.54, 1.807) is 6.20 Å². The number of nitrogens with one attached hydrogen (secondary N) is 2. The molecule has 1 aromatic heterocycles. The SMILES string of the molecule is CCNC(=NCc1ccccc1Cn1cccn1)NCC(CC)(CC)CCO.I. The third kappa shape index (κ3) is 7.97. The number of nitrogens with zero attached hydrogens (tertiary/aromatic N) is 3. The lowest BCUT2D eigenvalue weighted by Crippen LogP contribution is -2.43. The van der Waals surface area contributed by atoms with Gasteiger partial charge >= 0.3 is 0 Å². The lowest BCUT2D eigenvalue weighted by atomic mass is 9.79. The van der Waals surface area contributed by atoms with Crippen molar-refractivity contribution in [3.05, 3.63) is 53.9 Å². The normalized spacial score (nSPS) is 11.8. The van der Waals surface area contributed by atoms with Gasteiger partial charge in [0.1, 0.15) is 0 Å². The molecule has 29 heavy (non-hydrogen) atoms. The highest BCUT2D eigenvalue weighted by molar-refractivity contribution is 14.0. The van der Waals surface area contributed by atoms with Crippen LogP contribution in [0.1, 0.15) is 51.2 Å². The summed E-state index contributed by atoms with van der Waals surface area (Å²) in [5.74, 6) is 0.820. The first-order chi connectivity index (χ1) is 13.7. The molecule has 0 saturated heterocycles. The predicted octanol–water partition coefficient (Wildman–Crippen LogP) is 3.79. The van der Waals surface area contributed by atoms with E-state index in [0.717, 1.165) is 44.9 Å². The Morgan fingerprint density at radius 1 is 1.10 bits per heavy atom. The van der Waals surface area contributed by atoms with E-state index in [2.05, 4.69) is 60.8 Å². The van der Waals surface area contributed by atoms with Gasteiger partial charge in [0.05, 0.1) is 13.1 Å². The van der Waals surface area contributed by atoms with Crippen LogP contribution in [-0.2, 0) is 13.1 Å². The monoisotopic (exact) mass is 513 g/mol. The number of rotatable bonds is 11. The molecule has 1 aromatic carbocycles. The fourth-order valence-corrected chi connectivity index (χ4v) is 3.39. The topological polar surface area (TPSA) is 74.5 Å². The average Bonchev–Trinajstić information content (AvgIpc) is 3.23. The average molecular weight is 513 g/mol. The van der Waals surface area contributed by atoms with Crippen LogP contribution >= 0.6 is 24.0 Å². The second kappa shape index (κ2) is 13.6. The van der Waals surface area contributed by atoms with E-state index in [-0.39, 0.29) is 36.0 Å². The van der Waals surface area contributed by atoms with Crippen LogP contribution < -0.4 is 10.6 Å². The summed E-state index contributed by atoms with van der Waals surface area (Å²) in [5, 5.41) is 20.6. The molecule has 0 saturated carbocycles. The quantitative estimate of drug-likeness (QED) is 0.243. The fraction of sp³-hybridized carbons (Fsp3) is 0.545. The number of hydrogen-bond acceptors (Lipinski definition) is 3. The minimum Gasteiger partial charge on any atom is -0.396 e. The molecule has 3 N–H and O–H groups in total. The number of aliphatic hydroxyl groups is 1. The van der Waals surface area contributed by atoms with E-state index in [0.29, 0.717) is 6.54 Å². The van der Waals surface area contributed by atoms with Gasteiger partial charge in [0.2, 0.25) is 0 Å². The second-order valence-corrected chi connectivity index (χ2v) is 7.20. The van der Waals surface area contributed by atoms with Crippen molar-refractivity contribution in [2.45, 2.75) is 53.1 Å². The zero-order valence-electron chi connectivity index (χ0n) is 17.9. The Balaban J connectivity index is 0.00000420. The molecule has 2 aromatic rings. The van der Waals surface area contributed by atoms with Crippen molar-refractivity contribution in [1.29, 1.82) is 0 Å². The van der Waals surface area contributed by atoms with E-state index in [9.17, 15) is 5.11 Å². The first-order valence-corrected chi connectivity index (χ1v) is 10.3. The Hall–Kier alpha value is -1.61. The van der Waals surface area contributed by atoms with Gasteiger partial charge in [-0.1, -0.05) is 38.1 Å². The summed E-state index contributed by atoms with van der Waals surface area (Å²) in [6.07, 6.45) is 6.64. The second-order valence-electron chi connectivity index (χ2n) is 7.20. The highest BCUT2D eigenvalue weighted by atomic mass is 127. The summed E-state index contributed by atoms with van der Waals surface area (Å²) >= 11 is 0. The molecule has 1 heterocycles. The van der Waals surface area contributed by atoms with Crippen LogP contribution in [0.25, 0.3) is 0 Å². The van der Waals surface area contributed by atoms with Crippen molar-refractivity contribution < 1.29 is 5.11 Å². The molecule has 0 unspecified atom stereocenters. The lowest BCUT2D eigenvalue weighted by molar-refractivity contribution is 0.169. The molecule has 0 bridgehead atoms. The molecule has 2 rings (SSSR count). The molecule has 0 aliphatic heterocycles. The number of hydrogen-bond donors (Lipinski definition) is 3. The summed E-state index contributed by atoms with van der Waals surface area (Å²) < 4.78 is 1.93. The Bertz CT molecular complexity index is 714. The van der Waals surface area contributed by atoms with Crippen molar-refractivity contribution in [3.63, 3.8) is 0 Å². The Morgan fingerprint density at radius 2 is 1.83 bits per heavy atom. The van der Waals surface area contributed by atoms with E-state index < -0.39 is 0 Å². The molecule has 6 nitrogen and oxygen atoms in total. The van der Waals surface area contributed by atoms with Crippen molar-refractivity contribution in [2.75, 3.05) is 19.7 Å². The van der Waals surface area contributed by atoms with Gasteiger partial charge in [0.25, 0.3) is 0 Å². The first kappa shape index (κ1) is 25.4. The zero-order chi connectivity index (χ0) is 20.2. The number of guanidine groups is 1. The predicted molar refractivity (Wildman–Crippen MR) is 131 cm³/mol.